The molecule has 2 aliphatic carbocycles. The maximum absolute atomic E-state index is 12.4. The van der Waals surface area contributed by atoms with Crippen molar-refractivity contribution in [3.05, 3.63) is 11.8 Å². The molecule has 0 bridgehead atoms. The SMILES string of the molecule is CC(=CO)C(=O)C1CC(C)C2CCC(C)C(=O)C12O. The van der Waals surface area contributed by atoms with Gasteiger partial charge < -0.3 is 10.2 Å². The summed E-state index contributed by atoms with van der Waals surface area (Å²) in [7, 11) is 0. The van der Waals surface area contributed by atoms with E-state index in [0.29, 0.717) is 6.42 Å². The molecular weight excluding hydrogens is 244 g/mol. The Bertz CT molecular complexity index is 439. The molecule has 0 saturated heterocycles. The number of Topliss-reactive ketones (excluding diaryl/α,β-unsaturated/α-hetero) is 2. The van der Waals surface area contributed by atoms with Crippen molar-refractivity contribution in [2.45, 2.75) is 45.6 Å². The Morgan fingerprint density at radius 1 is 1.37 bits per heavy atom. The fourth-order valence-corrected chi connectivity index (χ4v) is 3.87. The summed E-state index contributed by atoms with van der Waals surface area (Å²) in [6.07, 6.45) is 2.85. The lowest BCUT2D eigenvalue weighted by molar-refractivity contribution is -0.160. The number of carbonyl (C=O) groups excluding carboxylic acids is 2. The second-order valence-corrected chi connectivity index (χ2v) is 6.22. The lowest BCUT2D eigenvalue weighted by Crippen LogP contribution is -2.55. The second-order valence-electron chi connectivity index (χ2n) is 6.22. The highest BCUT2D eigenvalue weighted by atomic mass is 16.3. The molecule has 2 N–H and O–H groups in total. The first kappa shape index (κ1) is 14.3. The number of rotatable bonds is 2. The van der Waals surface area contributed by atoms with E-state index in [1.165, 1.54) is 6.92 Å². The summed E-state index contributed by atoms with van der Waals surface area (Å²) in [5, 5.41) is 19.9. The molecule has 0 aromatic carbocycles. The van der Waals surface area contributed by atoms with Gasteiger partial charge in [-0.2, -0.15) is 0 Å². The number of hydrogen-bond acceptors (Lipinski definition) is 4. The smallest absolute Gasteiger partial charge is 0.168 e. The molecular formula is C15H22O4. The number of allylic oxidation sites excluding steroid dienone is 1. The van der Waals surface area contributed by atoms with Gasteiger partial charge in [-0.1, -0.05) is 13.8 Å². The van der Waals surface area contributed by atoms with Gasteiger partial charge in [0.2, 0.25) is 0 Å². The highest BCUT2D eigenvalue weighted by Crippen LogP contribution is 2.52. The molecule has 2 aliphatic rings. The largest absolute Gasteiger partial charge is 0.515 e. The average Bonchev–Trinajstić information content (AvgIpc) is 2.66. The number of fused-ring (bicyclic) bond motifs is 1. The fraction of sp³-hybridized carbons (Fsp3) is 0.733. The summed E-state index contributed by atoms with van der Waals surface area (Å²) in [5.41, 5.74) is -1.32. The first-order chi connectivity index (χ1) is 8.83. The van der Waals surface area contributed by atoms with Gasteiger partial charge in [-0.15, -0.1) is 0 Å². The maximum Gasteiger partial charge on any atom is 0.168 e. The highest BCUT2D eigenvalue weighted by Gasteiger charge is 2.61. The van der Waals surface area contributed by atoms with Crippen LogP contribution < -0.4 is 0 Å². The standard InChI is InChI=1S/C15H22O4/c1-8-4-5-11-9(2)6-12(13(17)10(3)7-16)15(11,19)14(8)18/h7-9,11-12,16,19H,4-6H2,1-3H3. The van der Waals surface area contributed by atoms with Gasteiger partial charge in [0.05, 0.1) is 12.2 Å². The first-order valence-electron chi connectivity index (χ1n) is 6.95. The van der Waals surface area contributed by atoms with Gasteiger partial charge in [-0.05, 0) is 38.0 Å². The van der Waals surface area contributed by atoms with Gasteiger partial charge in [-0.3, -0.25) is 9.59 Å². The van der Waals surface area contributed by atoms with E-state index in [-0.39, 0.29) is 34.9 Å². The molecule has 0 spiro atoms. The zero-order valence-electron chi connectivity index (χ0n) is 11.7. The molecule has 106 valence electrons. The Morgan fingerprint density at radius 3 is 2.58 bits per heavy atom. The molecule has 0 amide bonds. The van der Waals surface area contributed by atoms with Crippen molar-refractivity contribution in [2.75, 3.05) is 0 Å². The maximum atomic E-state index is 12.4. The van der Waals surface area contributed by atoms with Gasteiger partial charge in [-0.25, -0.2) is 0 Å². The van der Waals surface area contributed by atoms with Crippen LogP contribution in [0.3, 0.4) is 0 Å². The number of carbonyl (C=O) groups is 2. The minimum Gasteiger partial charge on any atom is -0.515 e. The molecule has 4 nitrogen and oxygen atoms in total. The van der Waals surface area contributed by atoms with Crippen LogP contribution in [0.2, 0.25) is 0 Å². The predicted molar refractivity (Wildman–Crippen MR) is 70.5 cm³/mol. The van der Waals surface area contributed by atoms with Crippen LogP contribution in [0.1, 0.15) is 40.0 Å². The molecule has 5 atom stereocenters. The third kappa shape index (κ3) is 1.93. The van der Waals surface area contributed by atoms with E-state index in [9.17, 15) is 14.7 Å². The Hall–Kier alpha value is -1.16. The van der Waals surface area contributed by atoms with E-state index >= 15 is 0 Å². The summed E-state index contributed by atoms with van der Waals surface area (Å²) in [4.78, 5) is 24.7. The zero-order chi connectivity index (χ0) is 14.4. The van der Waals surface area contributed by atoms with Crippen LogP contribution in [0.15, 0.2) is 11.8 Å². The van der Waals surface area contributed by atoms with Gasteiger partial charge in [0.1, 0.15) is 5.60 Å². The predicted octanol–water partition coefficient (Wildman–Crippen LogP) is 2.02. The van der Waals surface area contributed by atoms with E-state index in [1.807, 2.05) is 13.8 Å². The summed E-state index contributed by atoms with van der Waals surface area (Å²) in [6, 6.07) is 0. The number of hydrogen-bond donors (Lipinski definition) is 2. The van der Waals surface area contributed by atoms with Crippen molar-refractivity contribution in [1.82, 2.24) is 0 Å². The lowest BCUT2D eigenvalue weighted by atomic mass is 9.66. The molecule has 19 heavy (non-hydrogen) atoms. The molecule has 4 heteroatoms. The molecule has 0 radical (unpaired) electrons. The van der Waals surface area contributed by atoms with E-state index in [2.05, 4.69) is 0 Å². The first-order valence-corrected chi connectivity index (χ1v) is 6.95. The van der Waals surface area contributed by atoms with Crippen LogP contribution in [0, 0.1) is 23.7 Å². The molecule has 0 aromatic heterocycles. The Morgan fingerprint density at radius 2 is 2.00 bits per heavy atom. The van der Waals surface area contributed by atoms with Crippen molar-refractivity contribution in [3.8, 4) is 0 Å². The summed E-state index contributed by atoms with van der Waals surface area (Å²) in [6.45, 7) is 5.32. The molecule has 0 aliphatic heterocycles. The van der Waals surface area contributed by atoms with Gasteiger partial charge in [0, 0.05) is 11.5 Å². The Balaban J connectivity index is 2.41. The van der Waals surface area contributed by atoms with Crippen molar-refractivity contribution in [1.29, 1.82) is 0 Å². The van der Waals surface area contributed by atoms with Crippen molar-refractivity contribution in [2.24, 2.45) is 23.7 Å². The van der Waals surface area contributed by atoms with Crippen LogP contribution in [0.4, 0.5) is 0 Å². The van der Waals surface area contributed by atoms with Gasteiger partial charge in [0.15, 0.2) is 11.6 Å². The molecule has 2 rings (SSSR count). The highest BCUT2D eigenvalue weighted by molar-refractivity contribution is 6.03. The fourth-order valence-electron chi connectivity index (χ4n) is 3.87. The number of aliphatic hydroxyl groups is 2. The van der Waals surface area contributed by atoms with Crippen LogP contribution >= 0.6 is 0 Å². The van der Waals surface area contributed by atoms with Crippen molar-refractivity contribution >= 4 is 11.6 Å². The molecule has 0 aromatic rings. The quantitative estimate of drug-likeness (QED) is 0.592. The summed E-state index contributed by atoms with van der Waals surface area (Å²) >= 11 is 0. The molecule has 0 heterocycles. The topological polar surface area (TPSA) is 74.6 Å². The van der Waals surface area contributed by atoms with E-state index < -0.39 is 11.5 Å². The summed E-state index contributed by atoms with van der Waals surface area (Å²) in [5.74, 6) is -1.37. The molecule has 2 saturated carbocycles. The van der Waals surface area contributed by atoms with Crippen LogP contribution in [0.5, 0.6) is 0 Å². The molecule has 2 fully saturated rings. The van der Waals surface area contributed by atoms with Crippen LogP contribution in [-0.4, -0.2) is 27.4 Å². The second kappa shape index (κ2) is 4.75. The van der Waals surface area contributed by atoms with Crippen LogP contribution in [-0.2, 0) is 9.59 Å². The lowest BCUT2D eigenvalue weighted by Gasteiger charge is -2.40. The van der Waals surface area contributed by atoms with E-state index in [4.69, 9.17) is 5.11 Å². The normalized spacial score (nSPS) is 43.2. The van der Waals surface area contributed by atoms with Gasteiger partial charge in [0.25, 0.3) is 0 Å². The van der Waals surface area contributed by atoms with Crippen molar-refractivity contribution in [3.63, 3.8) is 0 Å². The number of ketones is 2. The van der Waals surface area contributed by atoms with E-state index in [0.717, 1.165) is 19.1 Å². The third-order valence-electron chi connectivity index (χ3n) is 5.04. The molecule has 5 unspecified atom stereocenters. The Labute approximate surface area is 113 Å². The number of aliphatic hydroxyl groups excluding tert-OH is 1. The minimum atomic E-state index is -1.53. The Kier molecular flexibility index (Phi) is 3.56. The van der Waals surface area contributed by atoms with E-state index in [1.54, 1.807) is 0 Å². The average molecular weight is 266 g/mol. The third-order valence-corrected chi connectivity index (χ3v) is 5.04. The minimum absolute atomic E-state index is 0.128. The summed E-state index contributed by atoms with van der Waals surface area (Å²) < 4.78 is 0. The monoisotopic (exact) mass is 266 g/mol. The van der Waals surface area contributed by atoms with Gasteiger partial charge >= 0.3 is 0 Å². The van der Waals surface area contributed by atoms with Crippen LogP contribution in [0.25, 0.3) is 0 Å². The van der Waals surface area contributed by atoms with Crippen molar-refractivity contribution < 1.29 is 19.8 Å². The zero-order valence-corrected chi connectivity index (χ0v) is 11.7.